The average Bonchev–Trinajstić information content (AvgIpc) is 2.61. The summed E-state index contributed by atoms with van der Waals surface area (Å²) in [5.41, 5.74) is -1.52. The van der Waals surface area contributed by atoms with Gasteiger partial charge >= 0.3 is 12.1 Å². The summed E-state index contributed by atoms with van der Waals surface area (Å²) < 4.78 is 61.7. The maximum absolute atomic E-state index is 12.8. The highest BCUT2D eigenvalue weighted by molar-refractivity contribution is 5.69. The second-order valence-electron chi connectivity index (χ2n) is 2.94. The van der Waals surface area contributed by atoms with E-state index in [0.717, 1.165) is 6.33 Å². The Labute approximate surface area is 84.5 Å². The zero-order valence-electron chi connectivity index (χ0n) is 7.39. The van der Waals surface area contributed by atoms with Gasteiger partial charge in [0.2, 0.25) is 0 Å². The summed E-state index contributed by atoms with van der Waals surface area (Å²) >= 11 is 0. The summed E-state index contributed by atoms with van der Waals surface area (Å²) in [5, 5.41) is 5.96. The molecule has 2 aromatic rings. The molecule has 0 radical (unpaired) electrons. The lowest BCUT2D eigenvalue weighted by atomic mass is 10.2. The molecule has 0 unspecified atom stereocenters. The van der Waals surface area contributed by atoms with E-state index in [4.69, 9.17) is 0 Å². The molecule has 2 rings (SSSR count). The second kappa shape index (κ2) is 3.09. The molecular formula is C7H3F5N4. The van der Waals surface area contributed by atoms with E-state index in [1.807, 2.05) is 0 Å². The maximum atomic E-state index is 12.8. The number of hydrogen-bond acceptors (Lipinski definition) is 3. The molecule has 0 aliphatic carbocycles. The monoisotopic (exact) mass is 238 g/mol. The van der Waals surface area contributed by atoms with E-state index in [1.54, 1.807) is 0 Å². The van der Waals surface area contributed by atoms with Gasteiger partial charge in [-0.3, -0.25) is 0 Å². The maximum Gasteiger partial charge on any atom is 0.459 e. The number of aromatic amines is 1. The molecule has 2 heterocycles. The molecule has 0 amide bonds. The minimum atomic E-state index is -5.70. The van der Waals surface area contributed by atoms with Crippen molar-refractivity contribution < 1.29 is 22.0 Å². The van der Waals surface area contributed by atoms with Gasteiger partial charge in [0.25, 0.3) is 0 Å². The predicted octanol–water partition coefficient (Wildman–Crippen LogP) is 2.01. The fourth-order valence-corrected chi connectivity index (χ4v) is 1.05. The lowest BCUT2D eigenvalue weighted by molar-refractivity contribution is -0.291. The van der Waals surface area contributed by atoms with E-state index in [-0.39, 0.29) is 11.2 Å². The summed E-state index contributed by atoms with van der Waals surface area (Å²) in [6, 6.07) is 0.572. The first kappa shape index (κ1) is 10.7. The Morgan fingerprint density at radius 2 is 1.75 bits per heavy atom. The molecule has 86 valence electrons. The van der Waals surface area contributed by atoms with Crippen molar-refractivity contribution in [2.45, 2.75) is 12.1 Å². The highest BCUT2D eigenvalue weighted by Crippen LogP contribution is 2.42. The summed E-state index contributed by atoms with van der Waals surface area (Å²) in [6.07, 6.45) is -4.58. The Morgan fingerprint density at radius 1 is 1.06 bits per heavy atom. The molecule has 0 fully saturated rings. The number of hydrogen-bond donors (Lipinski definition) is 1. The van der Waals surface area contributed by atoms with E-state index in [1.165, 1.54) is 0 Å². The third-order valence-electron chi connectivity index (χ3n) is 1.86. The third kappa shape index (κ3) is 1.48. The van der Waals surface area contributed by atoms with Gasteiger partial charge in [-0.25, -0.2) is 4.98 Å². The smallest absolute Gasteiger partial charge is 0.343 e. The number of nitrogens with one attached hydrogen (secondary N) is 1. The molecule has 0 saturated carbocycles. The molecule has 2 aromatic heterocycles. The largest absolute Gasteiger partial charge is 0.459 e. The summed E-state index contributed by atoms with van der Waals surface area (Å²) in [5.74, 6) is -5.03. The van der Waals surface area contributed by atoms with Gasteiger partial charge in [0.15, 0.2) is 5.65 Å². The van der Waals surface area contributed by atoms with Crippen LogP contribution in [-0.4, -0.2) is 26.3 Å². The zero-order chi connectivity index (χ0) is 12.0. The second-order valence-corrected chi connectivity index (χ2v) is 2.94. The van der Waals surface area contributed by atoms with Gasteiger partial charge < -0.3 is 4.98 Å². The molecule has 16 heavy (non-hydrogen) atoms. The molecule has 0 spiro atoms. The van der Waals surface area contributed by atoms with Crippen molar-refractivity contribution in [3.05, 3.63) is 18.1 Å². The number of fused-ring (bicyclic) bond motifs is 1. The standard InChI is InChI=1S/C7H3F5N4/c8-6(9,7(10,11)12)4-1-3-5(16-15-4)14-2-13-3/h1-2H,(H,13,14,16). The number of imidazole rings is 1. The van der Waals surface area contributed by atoms with Crippen LogP contribution in [-0.2, 0) is 5.92 Å². The van der Waals surface area contributed by atoms with Gasteiger partial charge in [0.05, 0.1) is 11.8 Å². The molecule has 0 aliphatic rings. The van der Waals surface area contributed by atoms with Gasteiger partial charge in [0.1, 0.15) is 5.69 Å². The van der Waals surface area contributed by atoms with E-state index < -0.39 is 17.8 Å². The van der Waals surface area contributed by atoms with Crippen LogP contribution in [0.3, 0.4) is 0 Å². The molecule has 4 nitrogen and oxygen atoms in total. The molecule has 0 aliphatic heterocycles. The lowest BCUT2D eigenvalue weighted by Gasteiger charge is -2.17. The van der Waals surface area contributed by atoms with Crippen molar-refractivity contribution in [2.24, 2.45) is 0 Å². The Hall–Kier alpha value is -1.80. The van der Waals surface area contributed by atoms with Gasteiger partial charge in [0, 0.05) is 0 Å². The highest BCUT2D eigenvalue weighted by atomic mass is 19.4. The molecule has 1 N–H and O–H groups in total. The van der Waals surface area contributed by atoms with E-state index in [0.29, 0.717) is 6.07 Å². The summed E-state index contributed by atoms with van der Waals surface area (Å²) in [4.78, 5) is 5.92. The van der Waals surface area contributed by atoms with Gasteiger partial charge in [-0.15, -0.1) is 10.2 Å². The molecule has 9 heteroatoms. The SMILES string of the molecule is FC(F)(F)C(F)(F)c1cc2[nH]cnc2nn1. The third-order valence-corrected chi connectivity index (χ3v) is 1.86. The average molecular weight is 238 g/mol. The number of alkyl halides is 5. The van der Waals surface area contributed by atoms with Crippen molar-refractivity contribution in [2.75, 3.05) is 0 Å². The Morgan fingerprint density at radius 3 is 2.38 bits per heavy atom. The zero-order valence-corrected chi connectivity index (χ0v) is 7.39. The number of nitrogens with zero attached hydrogens (tertiary/aromatic N) is 3. The van der Waals surface area contributed by atoms with Crippen LogP contribution in [0.15, 0.2) is 12.4 Å². The minimum Gasteiger partial charge on any atom is -0.343 e. The van der Waals surface area contributed by atoms with Crippen molar-refractivity contribution in [1.29, 1.82) is 0 Å². The summed E-state index contributed by atoms with van der Waals surface area (Å²) in [7, 11) is 0. The quantitative estimate of drug-likeness (QED) is 0.773. The highest BCUT2D eigenvalue weighted by Gasteiger charge is 2.60. The van der Waals surface area contributed by atoms with Crippen LogP contribution < -0.4 is 0 Å². The van der Waals surface area contributed by atoms with Crippen LogP contribution in [0.1, 0.15) is 5.69 Å². The van der Waals surface area contributed by atoms with Gasteiger partial charge in [-0.2, -0.15) is 22.0 Å². The van der Waals surface area contributed by atoms with E-state index in [2.05, 4.69) is 20.2 Å². The molecule has 0 aromatic carbocycles. The van der Waals surface area contributed by atoms with Gasteiger partial charge in [-0.05, 0) is 6.07 Å². The van der Waals surface area contributed by atoms with Crippen LogP contribution in [0.4, 0.5) is 22.0 Å². The number of aromatic nitrogens is 4. The first-order valence-corrected chi connectivity index (χ1v) is 3.94. The van der Waals surface area contributed by atoms with Gasteiger partial charge in [-0.1, -0.05) is 0 Å². The van der Waals surface area contributed by atoms with E-state index in [9.17, 15) is 22.0 Å². The molecule has 0 atom stereocenters. The topological polar surface area (TPSA) is 54.5 Å². The fraction of sp³-hybridized carbons (Fsp3) is 0.286. The number of halogens is 5. The van der Waals surface area contributed by atoms with Crippen LogP contribution in [0.5, 0.6) is 0 Å². The Bertz CT molecular complexity index is 517. The molecular weight excluding hydrogens is 235 g/mol. The van der Waals surface area contributed by atoms with E-state index >= 15 is 0 Å². The number of H-pyrrole nitrogens is 1. The summed E-state index contributed by atoms with van der Waals surface area (Å²) in [6.45, 7) is 0. The molecule has 0 saturated heterocycles. The van der Waals surface area contributed by atoms with Crippen LogP contribution in [0.2, 0.25) is 0 Å². The number of rotatable bonds is 1. The first-order chi connectivity index (χ1) is 7.32. The van der Waals surface area contributed by atoms with Crippen LogP contribution in [0, 0.1) is 0 Å². The fourth-order valence-electron chi connectivity index (χ4n) is 1.05. The lowest BCUT2D eigenvalue weighted by Crippen LogP contribution is -2.34. The van der Waals surface area contributed by atoms with Crippen molar-refractivity contribution in [1.82, 2.24) is 20.2 Å². The minimum absolute atomic E-state index is 0.0262. The predicted molar refractivity (Wildman–Crippen MR) is 41.6 cm³/mol. The Balaban J connectivity index is 2.54. The Kier molecular flexibility index (Phi) is 2.07. The van der Waals surface area contributed by atoms with Crippen molar-refractivity contribution >= 4 is 11.2 Å². The normalized spacial score (nSPS) is 13.3. The van der Waals surface area contributed by atoms with Crippen LogP contribution in [0.25, 0.3) is 11.2 Å². The van der Waals surface area contributed by atoms with Crippen LogP contribution >= 0.6 is 0 Å². The molecule has 0 bridgehead atoms. The van der Waals surface area contributed by atoms with Crippen molar-refractivity contribution in [3.63, 3.8) is 0 Å². The first-order valence-electron chi connectivity index (χ1n) is 3.94. The van der Waals surface area contributed by atoms with Crippen molar-refractivity contribution in [3.8, 4) is 0 Å².